The van der Waals surface area contributed by atoms with Crippen molar-refractivity contribution in [3.8, 4) is 0 Å². The zero-order chi connectivity index (χ0) is 20.4. The van der Waals surface area contributed by atoms with Crippen LogP contribution in [-0.2, 0) is 29.1 Å². The summed E-state index contributed by atoms with van der Waals surface area (Å²) in [6.45, 7) is 5.05. The number of thiophene rings is 1. The van der Waals surface area contributed by atoms with Crippen LogP contribution in [0.4, 0.5) is 0 Å². The van der Waals surface area contributed by atoms with Crippen molar-refractivity contribution in [2.24, 2.45) is 5.92 Å². The SMILES string of the molecule is CC(C)CC(=O)N1Cc2ccccc2CC1C(=O)NCc1csc2ccccc12. The molecule has 1 aliphatic heterocycles. The Bertz CT molecular complexity index is 1040. The number of rotatable bonds is 5. The third kappa shape index (κ3) is 4.20. The predicted octanol–water partition coefficient (Wildman–Crippen LogP) is 4.52. The summed E-state index contributed by atoms with van der Waals surface area (Å²) < 4.78 is 1.22. The van der Waals surface area contributed by atoms with Crippen LogP contribution in [0.2, 0.25) is 0 Å². The van der Waals surface area contributed by atoms with Crippen LogP contribution in [0.3, 0.4) is 0 Å². The molecule has 1 unspecified atom stereocenters. The molecule has 0 aliphatic carbocycles. The van der Waals surface area contributed by atoms with Gasteiger partial charge in [-0.15, -0.1) is 11.3 Å². The molecule has 0 saturated heterocycles. The number of hydrogen-bond donors (Lipinski definition) is 1. The van der Waals surface area contributed by atoms with E-state index >= 15 is 0 Å². The Balaban J connectivity index is 1.53. The van der Waals surface area contributed by atoms with Gasteiger partial charge in [-0.1, -0.05) is 56.3 Å². The Labute approximate surface area is 175 Å². The fraction of sp³-hybridized carbons (Fsp3) is 0.333. The topological polar surface area (TPSA) is 49.4 Å². The van der Waals surface area contributed by atoms with Crippen molar-refractivity contribution < 1.29 is 9.59 Å². The fourth-order valence-electron chi connectivity index (χ4n) is 3.96. The maximum atomic E-state index is 13.1. The first-order valence-electron chi connectivity index (χ1n) is 10.1. The molecule has 2 heterocycles. The maximum absolute atomic E-state index is 13.1. The molecule has 0 radical (unpaired) electrons. The first-order valence-corrected chi connectivity index (χ1v) is 11.0. The van der Waals surface area contributed by atoms with Crippen molar-refractivity contribution in [1.82, 2.24) is 10.2 Å². The molecule has 2 aromatic carbocycles. The van der Waals surface area contributed by atoms with Crippen molar-refractivity contribution >= 4 is 33.2 Å². The number of carbonyl (C=O) groups is 2. The fourth-order valence-corrected chi connectivity index (χ4v) is 4.92. The second-order valence-corrected chi connectivity index (χ2v) is 8.99. The molecule has 1 aromatic heterocycles. The summed E-state index contributed by atoms with van der Waals surface area (Å²) in [5, 5.41) is 6.37. The highest BCUT2D eigenvalue weighted by molar-refractivity contribution is 7.17. The largest absolute Gasteiger partial charge is 0.350 e. The van der Waals surface area contributed by atoms with E-state index in [-0.39, 0.29) is 17.7 Å². The van der Waals surface area contributed by atoms with E-state index in [0.29, 0.717) is 25.9 Å². The van der Waals surface area contributed by atoms with Crippen molar-refractivity contribution in [2.75, 3.05) is 0 Å². The minimum atomic E-state index is -0.457. The monoisotopic (exact) mass is 406 g/mol. The van der Waals surface area contributed by atoms with Crippen molar-refractivity contribution in [1.29, 1.82) is 0 Å². The minimum Gasteiger partial charge on any atom is -0.350 e. The van der Waals surface area contributed by atoms with Gasteiger partial charge in [-0.3, -0.25) is 9.59 Å². The van der Waals surface area contributed by atoms with Crippen LogP contribution in [0.1, 0.15) is 37.0 Å². The predicted molar refractivity (Wildman–Crippen MR) is 118 cm³/mol. The molecule has 4 nitrogen and oxygen atoms in total. The van der Waals surface area contributed by atoms with Gasteiger partial charge >= 0.3 is 0 Å². The Kier molecular flexibility index (Phi) is 5.67. The van der Waals surface area contributed by atoms with Crippen LogP contribution in [0.15, 0.2) is 53.9 Å². The first kappa shape index (κ1) is 19.6. The van der Waals surface area contributed by atoms with Crippen LogP contribution < -0.4 is 5.32 Å². The van der Waals surface area contributed by atoms with Gasteiger partial charge in [0.1, 0.15) is 6.04 Å². The molecule has 0 fully saturated rings. The Hall–Kier alpha value is -2.66. The summed E-state index contributed by atoms with van der Waals surface area (Å²) in [6, 6.07) is 15.9. The lowest BCUT2D eigenvalue weighted by molar-refractivity contribution is -0.142. The van der Waals surface area contributed by atoms with Crippen LogP contribution in [0.25, 0.3) is 10.1 Å². The molecule has 150 valence electrons. The van der Waals surface area contributed by atoms with Gasteiger partial charge in [-0.25, -0.2) is 0 Å². The molecule has 29 heavy (non-hydrogen) atoms. The average molecular weight is 407 g/mol. The van der Waals surface area contributed by atoms with E-state index in [2.05, 4.69) is 35.0 Å². The molecule has 4 rings (SSSR count). The summed E-state index contributed by atoms with van der Waals surface area (Å²) in [6.07, 6.45) is 1.03. The van der Waals surface area contributed by atoms with Crippen molar-refractivity contribution in [3.63, 3.8) is 0 Å². The normalized spacial score (nSPS) is 16.1. The van der Waals surface area contributed by atoms with Gasteiger partial charge in [-0.2, -0.15) is 0 Å². The van der Waals surface area contributed by atoms with E-state index in [1.165, 1.54) is 10.1 Å². The maximum Gasteiger partial charge on any atom is 0.243 e. The van der Waals surface area contributed by atoms with E-state index in [1.807, 2.05) is 38.1 Å². The number of amides is 2. The highest BCUT2D eigenvalue weighted by atomic mass is 32.1. The van der Waals surface area contributed by atoms with Crippen LogP contribution in [-0.4, -0.2) is 22.8 Å². The number of nitrogens with zero attached hydrogens (tertiary/aromatic N) is 1. The third-order valence-corrected chi connectivity index (χ3v) is 6.48. The van der Waals surface area contributed by atoms with Crippen molar-refractivity contribution in [2.45, 2.75) is 45.8 Å². The molecule has 3 aromatic rings. The van der Waals surface area contributed by atoms with Crippen molar-refractivity contribution in [3.05, 3.63) is 70.6 Å². The molecule has 1 N–H and O–H groups in total. The highest BCUT2D eigenvalue weighted by Crippen LogP contribution is 2.27. The molecule has 0 spiro atoms. The summed E-state index contributed by atoms with van der Waals surface area (Å²) in [4.78, 5) is 27.8. The van der Waals surface area contributed by atoms with Gasteiger partial charge in [0.2, 0.25) is 11.8 Å². The molecular weight excluding hydrogens is 380 g/mol. The molecule has 0 bridgehead atoms. The van der Waals surface area contributed by atoms with Crippen LogP contribution in [0, 0.1) is 5.92 Å². The molecule has 2 amide bonds. The Morgan fingerprint density at radius 3 is 2.62 bits per heavy atom. The lowest BCUT2D eigenvalue weighted by Crippen LogP contribution is -2.52. The smallest absolute Gasteiger partial charge is 0.243 e. The number of hydrogen-bond acceptors (Lipinski definition) is 3. The molecule has 1 atom stereocenters. The summed E-state index contributed by atoms with van der Waals surface area (Å²) in [5.41, 5.74) is 3.41. The van der Waals surface area contributed by atoms with Gasteiger partial charge in [0.05, 0.1) is 0 Å². The van der Waals surface area contributed by atoms with E-state index in [1.54, 1.807) is 16.2 Å². The van der Waals surface area contributed by atoms with Crippen LogP contribution >= 0.6 is 11.3 Å². The van der Waals surface area contributed by atoms with Gasteiger partial charge in [-0.05, 0) is 39.4 Å². The molecule has 1 aliphatic rings. The zero-order valence-electron chi connectivity index (χ0n) is 16.9. The first-order chi connectivity index (χ1) is 14.0. The summed E-state index contributed by atoms with van der Waals surface area (Å²) in [7, 11) is 0. The lowest BCUT2D eigenvalue weighted by Gasteiger charge is -2.36. The highest BCUT2D eigenvalue weighted by Gasteiger charge is 2.34. The average Bonchev–Trinajstić information content (AvgIpc) is 3.13. The second-order valence-electron chi connectivity index (χ2n) is 8.08. The number of benzene rings is 2. The third-order valence-electron chi connectivity index (χ3n) is 5.47. The van der Waals surface area contributed by atoms with E-state index in [4.69, 9.17) is 0 Å². The summed E-state index contributed by atoms with van der Waals surface area (Å²) >= 11 is 1.69. The second kappa shape index (κ2) is 8.37. The van der Waals surface area contributed by atoms with Gasteiger partial charge in [0, 0.05) is 30.6 Å². The quantitative estimate of drug-likeness (QED) is 0.677. The molecular formula is C24H26N2O2S. The molecule has 5 heteroatoms. The van der Waals surface area contributed by atoms with E-state index < -0.39 is 6.04 Å². The standard InChI is InChI=1S/C24H26N2O2S/c1-16(2)11-23(27)26-14-18-8-4-3-7-17(18)12-21(26)24(28)25-13-19-15-29-22-10-6-5-9-20(19)22/h3-10,15-16,21H,11-14H2,1-2H3,(H,25,28). The zero-order valence-corrected chi connectivity index (χ0v) is 17.7. The van der Waals surface area contributed by atoms with Gasteiger partial charge < -0.3 is 10.2 Å². The lowest BCUT2D eigenvalue weighted by atomic mass is 9.92. The molecule has 0 saturated carbocycles. The van der Waals surface area contributed by atoms with Gasteiger partial charge in [0.15, 0.2) is 0 Å². The minimum absolute atomic E-state index is 0.0515. The number of fused-ring (bicyclic) bond motifs is 2. The Morgan fingerprint density at radius 2 is 1.83 bits per heavy atom. The number of carbonyl (C=O) groups excluding carboxylic acids is 2. The summed E-state index contributed by atoms with van der Waals surface area (Å²) in [5.74, 6) is 0.239. The van der Waals surface area contributed by atoms with Crippen LogP contribution in [0.5, 0.6) is 0 Å². The van der Waals surface area contributed by atoms with E-state index in [0.717, 1.165) is 16.7 Å². The van der Waals surface area contributed by atoms with Gasteiger partial charge in [0.25, 0.3) is 0 Å². The Morgan fingerprint density at radius 1 is 1.10 bits per heavy atom. The van der Waals surface area contributed by atoms with E-state index in [9.17, 15) is 9.59 Å². The number of nitrogens with one attached hydrogen (secondary N) is 1.